The van der Waals surface area contributed by atoms with Crippen LogP contribution in [-0.4, -0.2) is 40.9 Å². The van der Waals surface area contributed by atoms with Gasteiger partial charge < -0.3 is 14.8 Å². The first-order valence-corrected chi connectivity index (χ1v) is 10.6. The number of methoxy groups -OCH3 is 1. The number of carbonyl (C=O) groups excluding carboxylic acids is 1. The zero-order chi connectivity index (χ0) is 22.8. The summed E-state index contributed by atoms with van der Waals surface area (Å²) in [5.41, 5.74) is 5.05. The Morgan fingerprint density at radius 3 is 2.91 bits per heavy atom. The van der Waals surface area contributed by atoms with Crippen molar-refractivity contribution in [3.63, 3.8) is 0 Å². The summed E-state index contributed by atoms with van der Waals surface area (Å²) < 4.78 is 11.7. The third-order valence-corrected chi connectivity index (χ3v) is 5.23. The van der Waals surface area contributed by atoms with Crippen molar-refractivity contribution in [1.82, 2.24) is 15.4 Å². The molecule has 0 radical (unpaired) electrons. The quantitative estimate of drug-likeness (QED) is 0.214. The number of terminal acetylenes is 1. The van der Waals surface area contributed by atoms with E-state index in [-0.39, 0.29) is 12.0 Å². The molecule has 8 heteroatoms. The first-order valence-electron chi connectivity index (χ1n) is 10.6. The molecule has 3 rings (SSSR count). The van der Waals surface area contributed by atoms with Crippen molar-refractivity contribution < 1.29 is 19.5 Å². The summed E-state index contributed by atoms with van der Waals surface area (Å²) in [5.74, 6) is 3.73. The van der Waals surface area contributed by atoms with Gasteiger partial charge in [-0.2, -0.15) is 0 Å². The van der Waals surface area contributed by atoms with Crippen LogP contribution in [0.1, 0.15) is 48.9 Å². The number of unbranched alkanes of at least 4 members (excludes halogenated alkanes) is 3. The van der Waals surface area contributed by atoms with Crippen molar-refractivity contribution in [2.45, 2.75) is 44.6 Å². The number of carbonyl (C=O) groups is 1. The molecule has 2 aromatic rings. The summed E-state index contributed by atoms with van der Waals surface area (Å²) in [5, 5.41) is 11.8. The molecule has 1 unspecified atom stereocenters. The second-order valence-electron chi connectivity index (χ2n) is 7.45. The van der Waals surface area contributed by atoms with Crippen LogP contribution in [0.4, 0.5) is 11.5 Å². The number of nitrogens with one attached hydrogen (secondary N) is 2. The second-order valence-corrected chi connectivity index (χ2v) is 7.45. The van der Waals surface area contributed by atoms with Crippen LogP contribution in [-0.2, 0) is 20.7 Å². The van der Waals surface area contributed by atoms with Crippen molar-refractivity contribution in [2.75, 3.05) is 19.0 Å². The van der Waals surface area contributed by atoms with Gasteiger partial charge >= 0.3 is 0 Å². The van der Waals surface area contributed by atoms with Crippen LogP contribution >= 0.6 is 0 Å². The summed E-state index contributed by atoms with van der Waals surface area (Å²) in [7, 11) is 1.63. The van der Waals surface area contributed by atoms with E-state index in [2.05, 4.69) is 21.2 Å². The van der Waals surface area contributed by atoms with Gasteiger partial charge in [0.25, 0.3) is 0 Å². The van der Waals surface area contributed by atoms with Crippen LogP contribution in [0.25, 0.3) is 6.08 Å². The molecule has 0 spiro atoms. The highest BCUT2D eigenvalue weighted by Gasteiger charge is 2.26. The van der Waals surface area contributed by atoms with Gasteiger partial charge in [-0.05, 0) is 31.0 Å². The molecule has 1 atom stereocenters. The van der Waals surface area contributed by atoms with Gasteiger partial charge in [-0.3, -0.25) is 10.0 Å². The van der Waals surface area contributed by atoms with Crippen LogP contribution in [0.5, 0.6) is 0 Å². The Balaban J connectivity index is 1.60. The van der Waals surface area contributed by atoms with Gasteiger partial charge in [0.15, 0.2) is 0 Å². The number of hydrogen-bond donors (Lipinski definition) is 3. The smallest absolute Gasteiger partial charge is 0.243 e. The second kappa shape index (κ2) is 11.8. The van der Waals surface area contributed by atoms with Gasteiger partial charge in [-0.25, -0.2) is 15.4 Å². The minimum absolute atomic E-state index is 0.226. The van der Waals surface area contributed by atoms with Crippen LogP contribution in [0, 0.1) is 12.3 Å². The highest BCUT2D eigenvalue weighted by molar-refractivity contribution is 5.74. The third-order valence-electron chi connectivity index (χ3n) is 5.23. The predicted molar refractivity (Wildman–Crippen MR) is 121 cm³/mol. The molecule has 0 bridgehead atoms. The number of fused-ring (bicyclic) bond motifs is 1. The Morgan fingerprint density at radius 1 is 1.28 bits per heavy atom. The topological polar surface area (TPSA) is 106 Å². The van der Waals surface area contributed by atoms with Crippen LogP contribution < -0.4 is 10.8 Å². The zero-order valence-electron chi connectivity index (χ0n) is 18.1. The van der Waals surface area contributed by atoms with Crippen molar-refractivity contribution in [2.24, 2.45) is 0 Å². The molecule has 8 nitrogen and oxygen atoms in total. The number of nitrogens with zero attached hydrogens (tertiary/aromatic N) is 2. The fourth-order valence-electron chi connectivity index (χ4n) is 3.55. The third kappa shape index (κ3) is 6.30. The summed E-state index contributed by atoms with van der Waals surface area (Å²) in [6, 6.07) is 7.61. The molecule has 1 aromatic carbocycles. The maximum atomic E-state index is 11.0. The van der Waals surface area contributed by atoms with Gasteiger partial charge in [0.2, 0.25) is 5.91 Å². The number of aromatic nitrogens is 2. The van der Waals surface area contributed by atoms with E-state index in [9.17, 15) is 4.79 Å². The average Bonchev–Trinajstić information content (AvgIpc) is 2.83. The lowest BCUT2D eigenvalue weighted by molar-refractivity contribution is -0.129. The van der Waals surface area contributed by atoms with E-state index in [1.165, 1.54) is 6.33 Å². The van der Waals surface area contributed by atoms with Gasteiger partial charge in [0.05, 0.1) is 12.8 Å². The lowest BCUT2D eigenvalue weighted by atomic mass is 9.98. The Hall–Kier alpha value is -3.41. The molecule has 3 N–H and O–H groups in total. The maximum Gasteiger partial charge on any atom is 0.243 e. The first-order chi connectivity index (χ1) is 15.6. The molecular formula is C24H28N4O4. The first kappa shape index (κ1) is 23.3. The lowest BCUT2D eigenvalue weighted by Gasteiger charge is -2.26. The molecule has 168 valence electrons. The highest BCUT2D eigenvalue weighted by atomic mass is 16.5. The summed E-state index contributed by atoms with van der Waals surface area (Å²) in [6.07, 6.45) is 13.1. The maximum absolute atomic E-state index is 11.0. The molecule has 0 saturated carbocycles. The molecule has 32 heavy (non-hydrogen) atoms. The van der Waals surface area contributed by atoms with E-state index in [4.69, 9.17) is 21.1 Å². The Bertz CT molecular complexity index is 1000. The van der Waals surface area contributed by atoms with Crippen molar-refractivity contribution in [1.29, 1.82) is 0 Å². The van der Waals surface area contributed by atoms with Crippen LogP contribution in [0.15, 0.2) is 36.4 Å². The summed E-state index contributed by atoms with van der Waals surface area (Å²) in [6.45, 7) is 0.577. The van der Waals surface area contributed by atoms with E-state index in [1.54, 1.807) is 12.6 Å². The van der Waals surface area contributed by atoms with E-state index in [0.717, 1.165) is 54.0 Å². The summed E-state index contributed by atoms with van der Waals surface area (Å²) in [4.78, 5) is 19.8. The van der Waals surface area contributed by atoms with Crippen LogP contribution in [0.3, 0.4) is 0 Å². The van der Waals surface area contributed by atoms with E-state index in [0.29, 0.717) is 25.3 Å². The Labute approximate surface area is 188 Å². The fourth-order valence-corrected chi connectivity index (χ4v) is 3.55. The average molecular weight is 437 g/mol. The Morgan fingerprint density at radius 2 is 2.12 bits per heavy atom. The number of hydroxylamine groups is 1. The number of anilines is 2. The SMILES string of the molecule is C#Cc1cccc(Nc2ncnc3c2CC(OCCCCCCC(=O)NO)C(OC)=C3)c1. The number of ether oxygens (including phenoxy) is 2. The molecular weight excluding hydrogens is 408 g/mol. The van der Waals surface area contributed by atoms with Crippen molar-refractivity contribution in [3.05, 3.63) is 53.2 Å². The fraction of sp³-hybridized carbons (Fsp3) is 0.375. The van der Waals surface area contributed by atoms with Gasteiger partial charge in [0.1, 0.15) is 24.0 Å². The molecule has 0 aliphatic heterocycles. The zero-order valence-corrected chi connectivity index (χ0v) is 18.1. The van der Waals surface area contributed by atoms with E-state index < -0.39 is 0 Å². The molecule has 1 heterocycles. The standard InChI is InChI=1S/C24H28N4O4/c1-3-17-9-8-10-18(13-17)27-24-19-14-22(21(31-2)15-20(19)25-16-26-24)32-12-7-5-4-6-11-23(29)28-30/h1,8-10,13,15-16,22,30H,4-7,11-12,14H2,2H3,(H,28,29)(H,25,26,27). The molecule has 1 aromatic heterocycles. The van der Waals surface area contributed by atoms with Crippen molar-refractivity contribution >= 4 is 23.5 Å². The molecule has 1 amide bonds. The number of benzene rings is 1. The highest BCUT2D eigenvalue weighted by Crippen LogP contribution is 2.30. The predicted octanol–water partition coefficient (Wildman–Crippen LogP) is 3.59. The molecule has 0 fully saturated rings. The minimum atomic E-state index is -0.352. The lowest BCUT2D eigenvalue weighted by Crippen LogP contribution is -2.25. The largest absolute Gasteiger partial charge is 0.498 e. The van der Waals surface area contributed by atoms with Crippen LogP contribution in [0.2, 0.25) is 0 Å². The van der Waals surface area contributed by atoms with E-state index in [1.807, 2.05) is 30.3 Å². The van der Waals surface area contributed by atoms with Crippen molar-refractivity contribution in [3.8, 4) is 12.3 Å². The Kier molecular flexibility index (Phi) is 8.61. The number of amides is 1. The minimum Gasteiger partial charge on any atom is -0.498 e. The van der Waals surface area contributed by atoms with Gasteiger partial charge in [-0.1, -0.05) is 24.8 Å². The summed E-state index contributed by atoms with van der Waals surface area (Å²) >= 11 is 0. The molecule has 1 aliphatic rings. The normalized spacial score (nSPS) is 14.7. The van der Waals surface area contributed by atoms with Gasteiger partial charge in [-0.15, -0.1) is 6.42 Å². The number of rotatable bonds is 11. The molecule has 0 saturated heterocycles. The van der Waals surface area contributed by atoms with E-state index >= 15 is 0 Å². The van der Waals surface area contributed by atoms with Gasteiger partial charge in [0, 0.05) is 42.3 Å². The molecule has 1 aliphatic carbocycles. The number of hydrogen-bond acceptors (Lipinski definition) is 7. The monoisotopic (exact) mass is 436 g/mol.